The van der Waals surface area contributed by atoms with Crippen LogP contribution in [0.5, 0.6) is 5.75 Å². The first-order chi connectivity index (χ1) is 14.5. The lowest BCUT2D eigenvalue weighted by atomic mass is 10.3. The average Bonchev–Trinajstić information content (AvgIpc) is 3.40. The van der Waals surface area contributed by atoms with Gasteiger partial charge in [0.15, 0.2) is 10.3 Å². The Bertz CT molecular complexity index is 1210. The molecule has 0 radical (unpaired) electrons. The molecular formula is C19H15ClN4O3S3. The summed E-state index contributed by atoms with van der Waals surface area (Å²) in [5.41, 5.74) is 1.51. The van der Waals surface area contributed by atoms with Crippen LogP contribution in [0, 0.1) is 0 Å². The van der Waals surface area contributed by atoms with Crippen molar-refractivity contribution in [2.45, 2.75) is 11.5 Å². The summed E-state index contributed by atoms with van der Waals surface area (Å²) in [6.07, 6.45) is 1.54. The van der Waals surface area contributed by atoms with Crippen molar-refractivity contribution in [1.82, 2.24) is 9.97 Å². The first-order valence-electron chi connectivity index (χ1n) is 8.60. The molecule has 4 rings (SSSR count). The number of rotatable bonds is 8. The molecule has 4 aromatic rings. The maximum absolute atomic E-state index is 12.4. The number of halogens is 1. The summed E-state index contributed by atoms with van der Waals surface area (Å²) in [6, 6.07) is 13.5. The molecule has 0 bridgehead atoms. The fourth-order valence-corrected chi connectivity index (χ4v) is 5.04. The molecule has 0 aliphatic rings. The molecule has 0 saturated carbocycles. The van der Waals surface area contributed by atoms with Crippen molar-refractivity contribution < 1.29 is 13.2 Å². The van der Waals surface area contributed by atoms with E-state index in [1.54, 1.807) is 48.0 Å². The molecule has 0 amide bonds. The van der Waals surface area contributed by atoms with E-state index in [2.05, 4.69) is 20.0 Å². The van der Waals surface area contributed by atoms with E-state index in [1.807, 2.05) is 5.38 Å². The van der Waals surface area contributed by atoms with Crippen molar-refractivity contribution in [2.24, 2.45) is 0 Å². The zero-order valence-electron chi connectivity index (χ0n) is 15.3. The fraction of sp³-hybridized carbons (Fsp3) is 0.0526. The van der Waals surface area contributed by atoms with Crippen molar-refractivity contribution in [2.75, 3.05) is 10.0 Å². The van der Waals surface area contributed by atoms with Gasteiger partial charge in [-0.15, -0.1) is 22.7 Å². The van der Waals surface area contributed by atoms with E-state index in [0.717, 1.165) is 11.4 Å². The van der Waals surface area contributed by atoms with Gasteiger partial charge in [0.05, 0.1) is 10.6 Å². The quantitative estimate of drug-likeness (QED) is 0.353. The molecular weight excluding hydrogens is 464 g/mol. The lowest BCUT2D eigenvalue weighted by Gasteiger charge is -2.07. The first-order valence-corrected chi connectivity index (χ1v) is 12.2. The first kappa shape index (κ1) is 20.6. The molecule has 11 heteroatoms. The van der Waals surface area contributed by atoms with Crippen molar-refractivity contribution in [3.63, 3.8) is 0 Å². The third-order valence-corrected chi connectivity index (χ3v) is 7.05. The number of ether oxygens (including phenoxy) is 1. The molecule has 0 saturated heterocycles. The largest absolute Gasteiger partial charge is 0.487 e. The van der Waals surface area contributed by atoms with Gasteiger partial charge in [-0.1, -0.05) is 11.6 Å². The van der Waals surface area contributed by atoms with Crippen molar-refractivity contribution in [3.8, 4) is 5.75 Å². The number of anilines is 3. The number of thiazole rings is 2. The van der Waals surface area contributed by atoms with Crippen molar-refractivity contribution in [1.29, 1.82) is 0 Å². The number of hydrogen-bond acceptors (Lipinski definition) is 8. The van der Waals surface area contributed by atoms with Gasteiger partial charge >= 0.3 is 0 Å². The minimum Gasteiger partial charge on any atom is -0.487 e. The Hall–Kier alpha value is -2.66. The topological polar surface area (TPSA) is 93.2 Å². The van der Waals surface area contributed by atoms with E-state index in [1.165, 1.54) is 34.8 Å². The Morgan fingerprint density at radius 2 is 1.77 bits per heavy atom. The number of benzene rings is 2. The minimum atomic E-state index is -3.67. The van der Waals surface area contributed by atoms with E-state index < -0.39 is 10.0 Å². The van der Waals surface area contributed by atoms with Crippen LogP contribution in [-0.2, 0) is 16.6 Å². The van der Waals surface area contributed by atoms with E-state index in [-0.39, 0.29) is 4.90 Å². The zero-order chi connectivity index (χ0) is 21.0. The van der Waals surface area contributed by atoms with E-state index in [4.69, 9.17) is 16.3 Å². The predicted molar refractivity (Wildman–Crippen MR) is 121 cm³/mol. The molecule has 154 valence electrons. The number of aromatic nitrogens is 2. The second-order valence-electron chi connectivity index (χ2n) is 5.98. The van der Waals surface area contributed by atoms with Crippen molar-refractivity contribution in [3.05, 3.63) is 76.2 Å². The molecule has 0 unspecified atom stereocenters. The molecule has 30 heavy (non-hydrogen) atoms. The van der Waals surface area contributed by atoms with Crippen LogP contribution in [0.3, 0.4) is 0 Å². The van der Waals surface area contributed by atoms with Crippen LogP contribution in [0.2, 0.25) is 5.02 Å². The van der Waals surface area contributed by atoms with Crippen molar-refractivity contribution >= 4 is 60.2 Å². The summed E-state index contributed by atoms with van der Waals surface area (Å²) >= 11 is 8.51. The Balaban J connectivity index is 1.36. The molecule has 0 aliphatic carbocycles. The molecule has 0 atom stereocenters. The third kappa shape index (κ3) is 5.28. The van der Waals surface area contributed by atoms with E-state index in [9.17, 15) is 8.42 Å². The van der Waals surface area contributed by atoms with Gasteiger partial charge in [0.2, 0.25) is 0 Å². The summed E-state index contributed by atoms with van der Waals surface area (Å²) in [4.78, 5) is 8.56. The van der Waals surface area contributed by atoms with Crippen LogP contribution < -0.4 is 14.8 Å². The standard InChI is InChI=1S/C19H15ClN4O3S3/c20-13-1-5-16(6-2-13)27-11-15-12-29-19(23-15)22-14-3-7-17(8-4-14)30(25,26)24-18-21-9-10-28-18/h1-10,12H,11H2,(H,21,24)(H,22,23). The highest BCUT2D eigenvalue weighted by molar-refractivity contribution is 7.93. The summed E-state index contributed by atoms with van der Waals surface area (Å²) in [5, 5.41) is 8.42. The van der Waals surface area contributed by atoms with Gasteiger partial charge in [0, 0.05) is 27.7 Å². The molecule has 0 aliphatic heterocycles. The second-order valence-corrected chi connectivity index (χ2v) is 9.85. The van der Waals surface area contributed by atoms with Crippen LogP contribution in [-0.4, -0.2) is 18.4 Å². The van der Waals surface area contributed by atoms with Crippen LogP contribution in [0.4, 0.5) is 16.0 Å². The highest BCUT2D eigenvalue weighted by atomic mass is 35.5. The second kappa shape index (κ2) is 9.00. The van der Waals surface area contributed by atoms with Gasteiger partial charge in [0.1, 0.15) is 12.4 Å². The molecule has 7 nitrogen and oxygen atoms in total. The number of nitrogens with one attached hydrogen (secondary N) is 2. The fourth-order valence-electron chi connectivity index (χ4n) is 2.41. The molecule has 0 fully saturated rings. The van der Waals surface area contributed by atoms with Gasteiger partial charge in [-0.2, -0.15) is 0 Å². The van der Waals surface area contributed by atoms with E-state index >= 15 is 0 Å². The van der Waals surface area contributed by atoms with Crippen LogP contribution in [0.1, 0.15) is 5.69 Å². The lowest BCUT2D eigenvalue weighted by Crippen LogP contribution is -2.12. The average molecular weight is 479 g/mol. The van der Waals surface area contributed by atoms with Gasteiger partial charge in [0.25, 0.3) is 10.0 Å². The highest BCUT2D eigenvalue weighted by Gasteiger charge is 2.15. The summed E-state index contributed by atoms with van der Waals surface area (Å²) in [7, 11) is -3.67. The number of sulfonamides is 1. The Morgan fingerprint density at radius 3 is 2.47 bits per heavy atom. The molecule has 2 heterocycles. The third-order valence-electron chi connectivity index (χ3n) is 3.82. The maximum atomic E-state index is 12.4. The Kier molecular flexibility index (Phi) is 6.18. The van der Waals surface area contributed by atoms with Gasteiger partial charge in [-0.25, -0.2) is 18.4 Å². The van der Waals surface area contributed by atoms with Crippen LogP contribution in [0.15, 0.2) is 70.4 Å². The van der Waals surface area contributed by atoms with Gasteiger partial charge in [-0.05, 0) is 48.5 Å². The Morgan fingerprint density at radius 1 is 1.00 bits per heavy atom. The summed E-state index contributed by atoms with van der Waals surface area (Å²) < 4.78 is 32.9. The zero-order valence-corrected chi connectivity index (χ0v) is 18.5. The number of hydrogen-bond donors (Lipinski definition) is 2. The summed E-state index contributed by atoms with van der Waals surface area (Å²) in [6.45, 7) is 0.333. The van der Waals surface area contributed by atoms with Gasteiger partial charge in [-0.3, -0.25) is 4.72 Å². The normalized spacial score (nSPS) is 11.2. The van der Waals surface area contributed by atoms with E-state index in [0.29, 0.717) is 27.6 Å². The van der Waals surface area contributed by atoms with Gasteiger partial charge < -0.3 is 10.1 Å². The highest BCUT2D eigenvalue weighted by Crippen LogP contribution is 2.24. The predicted octanol–water partition coefficient (Wildman–Crippen LogP) is 5.38. The smallest absolute Gasteiger partial charge is 0.263 e. The van der Waals surface area contributed by atoms with Crippen LogP contribution in [0.25, 0.3) is 0 Å². The SMILES string of the molecule is O=S(=O)(Nc1nccs1)c1ccc(Nc2nc(COc3ccc(Cl)cc3)cs2)cc1. The maximum Gasteiger partial charge on any atom is 0.263 e. The molecule has 2 N–H and O–H groups in total. The number of nitrogens with zero attached hydrogens (tertiary/aromatic N) is 2. The molecule has 2 aromatic heterocycles. The Labute approximate surface area is 186 Å². The monoisotopic (exact) mass is 478 g/mol. The van der Waals surface area contributed by atoms with Crippen LogP contribution >= 0.6 is 34.3 Å². The molecule has 0 spiro atoms. The summed E-state index contributed by atoms with van der Waals surface area (Å²) in [5.74, 6) is 0.713. The minimum absolute atomic E-state index is 0.152. The lowest BCUT2D eigenvalue weighted by molar-refractivity contribution is 0.302. The molecule has 2 aromatic carbocycles.